The zero-order chi connectivity index (χ0) is 26.0. The zero-order valence-electron chi connectivity index (χ0n) is 19.7. The average molecular weight is 495 g/mol. The van der Waals surface area contributed by atoms with Gasteiger partial charge in [0.25, 0.3) is 11.7 Å². The number of aliphatic hydroxyl groups is 1. The standard InChI is InChI=1S/C28H24F3NO4/c1-3-17-7-9-20(10-8-17)25(33)23-24(19-11-13-22(36-2)14-12-19)32(27(35)26(23)34)16-18-5-4-6-21(15-18)28(29,30)31/h4-15,24,33H,3,16H2,1-2H3/b25-23+. The number of amides is 1. The number of hydrogen-bond donors (Lipinski definition) is 1. The Labute approximate surface area is 206 Å². The summed E-state index contributed by atoms with van der Waals surface area (Å²) in [5.74, 6) is -1.60. The molecule has 0 bridgehead atoms. The summed E-state index contributed by atoms with van der Waals surface area (Å²) in [4.78, 5) is 27.5. The van der Waals surface area contributed by atoms with Crippen LogP contribution in [0, 0.1) is 0 Å². The van der Waals surface area contributed by atoms with E-state index in [2.05, 4.69) is 0 Å². The molecule has 186 valence electrons. The molecule has 1 N–H and O–H groups in total. The fourth-order valence-electron chi connectivity index (χ4n) is 4.27. The number of alkyl halides is 3. The first-order valence-electron chi connectivity index (χ1n) is 11.3. The smallest absolute Gasteiger partial charge is 0.416 e. The Morgan fingerprint density at radius 2 is 1.64 bits per heavy atom. The number of methoxy groups -OCH3 is 1. The second kappa shape index (κ2) is 9.89. The van der Waals surface area contributed by atoms with Crippen LogP contribution in [0.1, 0.15) is 40.8 Å². The molecule has 3 aromatic rings. The van der Waals surface area contributed by atoms with E-state index in [-0.39, 0.29) is 23.4 Å². The Morgan fingerprint density at radius 3 is 2.22 bits per heavy atom. The van der Waals surface area contributed by atoms with Crippen LogP contribution in [0.5, 0.6) is 5.75 Å². The van der Waals surface area contributed by atoms with Gasteiger partial charge in [-0.3, -0.25) is 9.59 Å². The molecule has 1 aliphatic heterocycles. The van der Waals surface area contributed by atoms with Gasteiger partial charge in [-0.25, -0.2) is 0 Å². The lowest BCUT2D eigenvalue weighted by Crippen LogP contribution is -2.29. The molecule has 0 aliphatic carbocycles. The van der Waals surface area contributed by atoms with E-state index >= 15 is 0 Å². The van der Waals surface area contributed by atoms with Crippen LogP contribution in [0.25, 0.3) is 5.76 Å². The molecule has 1 amide bonds. The van der Waals surface area contributed by atoms with Gasteiger partial charge in [-0.2, -0.15) is 13.2 Å². The van der Waals surface area contributed by atoms with Crippen molar-refractivity contribution in [2.24, 2.45) is 0 Å². The molecule has 3 aromatic carbocycles. The van der Waals surface area contributed by atoms with E-state index in [9.17, 15) is 27.9 Å². The minimum Gasteiger partial charge on any atom is -0.507 e. The molecule has 0 aromatic heterocycles. The maximum Gasteiger partial charge on any atom is 0.416 e. The van der Waals surface area contributed by atoms with Gasteiger partial charge in [-0.15, -0.1) is 0 Å². The normalized spacial score (nSPS) is 17.5. The molecule has 1 atom stereocenters. The van der Waals surface area contributed by atoms with Gasteiger partial charge in [0.1, 0.15) is 11.5 Å². The highest BCUT2D eigenvalue weighted by molar-refractivity contribution is 6.46. The molecule has 5 nitrogen and oxygen atoms in total. The number of Topliss-reactive ketones (excluding diaryl/α,β-unsaturated/α-hetero) is 1. The number of ketones is 1. The van der Waals surface area contributed by atoms with Gasteiger partial charge in [-0.05, 0) is 47.4 Å². The molecular formula is C28H24F3NO4. The summed E-state index contributed by atoms with van der Waals surface area (Å²) in [6.07, 6.45) is -3.77. The third-order valence-electron chi connectivity index (χ3n) is 6.21. The van der Waals surface area contributed by atoms with Gasteiger partial charge in [-0.1, -0.05) is 55.5 Å². The zero-order valence-corrected chi connectivity index (χ0v) is 19.7. The molecule has 1 aliphatic rings. The summed E-state index contributed by atoms with van der Waals surface area (Å²) >= 11 is 0. The predicted octanol–water partition coefficient (Wildman–Crippen LogP) is 5.90. The van der Waals surface area contributed by atoms with Gasteiger partial charge in [0, 0.05) is 12.1 Å². The first kappa shape index (κ1) is 25.0. The molecule has 8 heteroatoms. The maximum atomic E-state index is 13.3. The molecule has 1 heterocycles. The minimum atomic E-state index is -4.55. The number of halogens is 3. The Morgan fingerprint density at radius 1 is 0.972 bits per heavy atom. The topological polar surface area (TPSA) is 66.8 Å². The minimum absolute atomic E-state index is 0.124. The first-order valence-corrected chi connectivity index (χ1v) is 11.3. The third-order valence-corrected chi connectivity index (χ3v) is 6.21. The van der Waals surface area contributed by atoms with Gasteiger partial charge in [0.2, 0.25) is 0 Å². The highest BCUT2D eigenvalue weighted by Gasteiger charge is 2.46. The summed E-state index contributed by atoms with van der Waals surface area (Å²) in [6.45, 7) is 1.73. The van der Waals surface area contributed by atoms with Crippen LogP contribution >= 0.6 is 0 Å². The van der Waals surface area contributed by atoms with Crippen molar-refractivity contribution in [1.82, 2.24) is 4.90 Å². The fraction of sp³-hybridized carbons (Fsp3) is 0.214. The molecule has 1 unspecified atom stereocenters. The highest BCUT2D eigenvalue weighted by Crippen LogP contribution is 2.41. The van der Waals surface area contributed by atoms with Crippen LogP contribution < -0.4 is 4.74 Å². The lowest BCUT2D eigenvalue weighted by atomic mass is 9.94. The molecular weight excluding hydrogens is 471 g/mol. The van der Waals surface area contributed by atoms with E-state index in [1.54, 1.807) is 36.4 Å². The second-order valence-corrected chi connectivity index (χ2v) is 8.45. The number of rotatable bonds is 6. The van der Waals surface area contributed by atoms with Gasteiger partial charge in [0.15, 0.2) is 0 Å². The van der Waals surface area contributed by atoms with E-state index in [0.717, 1.165) is 24.1 Å². The van der Waals surface area contributed by atoms with Crippen molar-refractivity contribution in [3.63, 3.8) is 0 Å². The summed E-state index contributed by atoms with van der Waals surface area (Å²) < 4.78 is 45.0. The van der Waals surface area contributed by atoms with Crippen LogP contribution in [0.4, 0.5) is 13.2 Å². The van der Waals surface area contributed by atoms with E-state index in [0.29, 0.717) is 16.9 Å². The van der Waals surface area contributed by atoms with Crippen molar-refractivity contribution >= 4 is 17.4 Å². The van der Waals surface area contributed by atoms with Crippen molar-refractivity contribution in [3.8, 4) is 5.75 Å². The van der Waals surface area contributed by atoms with Crippen LogP contribution in [-0.2, 0) is 28.7 Å². The molecule has 4 rings (SSSR count). The molecule has 36 heavy (non-hydrogen) atoms. The maximum absolute atomic E-state index is 13.3. The monoisotopic (exact) mass is 495 g/mol. The summed E-state index contributed by atoms with van der Waals surface area (Å²) in [5.41, 5.74) is 1.13. The molecule has 0 spiro atoms. The fourth-order valence-corrected chi connectivity index (χ4v) is 4.27. The molecule has 0 radical (unpaired) electrons. The molecule has 1 saturated heterocycles. The number of benzene rings is 3. The number of nitrogens with zero attached hydrogens (tertiary/aromatic N) is 1. The van der Waals surface area contributed by atoms with Gasteiger partial charge >= 0.3 is 6.18 Å². The Hall–Kier alpha value is -4.07. The predicted molar refractivity (Wildman–Crippen MR) is 128 cm³/mol. The number of carbonyl (C=O) groups excluding carboxylic acids is 2. The van der Waals surface area contributed by atoms with E-state index in [4.69, 9.17) is 4.74 Å². The molecule has 1 fully saturated rings. The molecule has 0 saturated carbocycles. The van der Waals surface area contributed by atoms with E-state index in [1.807, 2.05) is 19.1 Å². The third kappa shape index (κ3) is 4.84. The lowest BCUT2D eigenvalue weighted by Gasteiger charge is -2.26. The second-order valence-electron chi connectivity index (χ2n) is 8.45. The number of ether oxygens (including phenoxy) is 1. The number of carbonyl (C=O) groups is 2. The van der Waals surface area contributed by atoms with Crippen LogP contribution in [0.15, 0.2) is 78.4 Å². The van der Waals surface area contributed by atoms with Crippen molar-refractivity contribution in [2.45, 2.75) is 32.1 Å². The largest absolute Gasteiger partial charge is 0.507 e. The Bertz CT molecular complexity index is 1310. The van der Waals surface area contributed by atoms with Crippen molar-refractivity contribution in [3.05, 3.63) is 106 Å². The van der Waals surface area contributed by atoms with Gasteiger partial charge in [0.05, 0.1) is 24.3 Å². The lowest BCUT2D eigenvalue weighted by molar-refractivity contribution is -0.140. The first-order chi connectivity index (χ1) is 17.1. The number of likely N-dealkylation sites (tertiary alicyclic amines) is 1. The number of aryl methyl sites for hydroxylation is 1. The van der Waals surface area contributed by atoms with Crippen LogP contribution in [0.2, 0.25) is 0 Å². The Kier molecular flexibility index (Phi) is 6.88. The summed E-state index contributed by atoms with van der Waals surface area (Å²) in [5, 5.41) is 11.1. The van der Waals surface area contributed by atoms with E-state index in [1.165, 1.54) is 24.1 Å². The average Bonchev–Trinajstić information content (AvgIpc) is 3.13. The van der Waals surface area contributed by atoms with Gasteiger partial charge < -0.3 is 14.7 Å². The SMILES string of the molecule is CCc1ccc(/C(O)=C2\C(=O)C(=O)N(Cc3cccc(C(F)(F)F)c3)C2c2ccc(OC)cc2)cc1. The summed E-state index contributed by atoms with van der Waals surface area (Å²) in [6, 6.07) is 17.2. The number of hydrogen-bond acceptors (Lipinski definition) is 4. The van der Waals surface area contributed by atoms with Crippen molar-refractivity contribution < 1.29 is 32.6 Å². The van der Waals surface area contributed by atoms with Crippen molar-refractivity contribution in [1.29, 1.82) is 0 Å². The highest BCUT2D eigenvalue weighted by atomic mass is 19.4. The van der Waals surface area contributed by atoms with Crippen molar-refractivity contribution in [2.75, 3.05) is 7.11 Å². The Balaban J connectivity index is 1.82. The quantitative estimate of drug-likeness (QED) is 0.263. The van der Waals surface area contributed by atoms with Crippen LogP contribution in [-0.4, -0.2) is 28.8 Å². The summed E-state index contributed by atoms with van der Waals surface area (Å²) in [7, 11) is 1.49. The number of aliphatic hydroxyl groups excluding tert-OH is 1. The van der Waals surface area contributed by atoms with E-state index < -0.39 is 29.5 Å². The van der Waals surface area contributed by atoms with Crippen LogP contribution in [0.3, 0.4) is 0 Å².